The van der Waals surface area contributed by atoms with Crippen LogP contribution in [0, 0.1) is 6.92 Å². The highest BCUT2D eigenvalue weighted by Gasteiger charge is 2.14. The monoisotopic (exact) mass is 323 g/mol. The normalized spacial score (nSPS) is 11.8. The lowest BCUT2D eigenvalue weighted by Gasteiger charge is -2.18. The third kappa shape index (κ3) is 3.64. The fraction of sp³-hybridized carbons (Fsp3) is 0.429. The Balaban J connectivity index is 2.19. The van der Waals surface area contributed by atoms with Crippen molar-refractivity contribution in [2.24, 2.45) is 0 Å². The molecule has 0 aliphatic rings. The summed E-state index contributed by atoms with van der Waals surface area (Å²) in [6.07, 6.45) is 0. The van der Waals surface area contributed by atoms with E-state index in [2.05, 4.69) is 52.2 Å². The van der Waals surface area contributed by atoms with Crippen LogP contribution < -0.4 is 5.32 Å². The molecule has 0 amide bonds. The molecule has 0 saturated carbocycles. The maximum Gasteiger partial charge on any atom is 0.248 e. The fourth-order valence-electron chi connectivity index (χ4n) is 1.61. The Kier molecular flexibility index (Phi) is 4.06. The van der Waals surface area contributed by atoms with E-state index in [1.54, 1.807) is 0 Å². The van der Waals surface area contributed by atoms with Gasteiger partial charge in [-0.3, -0.25) is 0 Å². The van der Waals surface area contributed by atoms with Crippen LogP contribution in [0.1, 0.15) is 32.2 Å². The van der Waals surface area contributed by atoms with E-state index < -0.39 is 0 Å². The van der Waals surface area contributed by atoms with Gasteiger partial charge in [-0.2, -0.15) is 0 Å². The summed E-state index contributed by atoms with van der Waals surface area (Å²) in [7, 11) is 0. The summed E-state index contributed by atoms with van der Waals surface area (Å²) in [6, 6.07) is 5.94. The largest absolute Gasteiger partial charge is 0.419 e. The number of nitrogens with zero attached hydrogens (tertiary/aromatic N) is 2. The highest BCUT2D eigenvalue weighted by Crippen LogP contribution is 2.27. The van der Waals surface area contributed by atoms with Crippen LogP contribution in [0.5, 0.6) is 0 Å². The van der Waals surface area contributed by atoms with Gasteiger partial charge < -0.3 is 9.73 Å². The first-order valence-corrected chi connectivity index (χ1v) is 6.99. The van der Waals surface area contributed by atoms with Gasteiger partial charge in [0, 0.05) is 15.6 Å². The Morgan fingerprint density at radius 2 is 2.00 bits per heavy atom. The zero-order chi connectivity index (χ0) is 14.0. The Morgan fingerprint density at radius 3 is 2.68 bits per heavy atom. The summed E-state index contributed by atoms with van der Waals surface area (Å²) >= 11 is 3.50. The van der Waals surface area contributed by atoms with E-state index in [1.807, 2.05) is 25.1 Å². The second kappa shape index (κ2) is 5.43. The molecule has 0 aliphatic carbocycles. The highest BCUT2D eigenvalue weighted by atomic mass is 79.9. The number of benzene rings is 1. The summed E-state index contributed by atoms with van der Waals surface area (Å²) < 4.78 is 6.73. The second-order valence-electron chi connectivity index (χ2n) is 5.52. The smallest absolute Gasteiger partial charge is 0.248 e. The van der Waals surface area contributed by atoms with Crippen LogP contribution in [0.3, 0.4) is 0 Å². The van der Waals surface area contributed by atoms with Crippen molar-refractivity contribution in [3.05, 3.63) is 34.1 Å². The van der Waals surface area contributed by atoms with Crippen LogP contribution in [0.15, 0.2) is 27.1 Å². The van der Waals surface area contributed by atoms with Gasteiger partial charge in [-0.05, 0) is 45.4 Å². The summed E-state index contributed by atoms with van der Waals surface area (Å²) in [5, 5.41) is 11.5. The molecule has 0 fully saturated rings. The molecule has 4 nitrogen and oxygen atoms in total. The molecule has 2 aromatic rings. The molecule has 102 valence electrons. The predicted molar refractivity (Wildman–Crippen MR) is 78.8 cm³/mol. The first-order valence-electron chi connectivity index (χ1n) is 6.20. The molecule has 0 saturated heterocycles. The molecule has 0 aliphatic heterocycles. The van der Waals surface area contributed by atoms with Crippen LogP contribution in [-0.2, 0) is 6.54 Å². The Morgan fingerprint density at radius 1 is 1.26 bits per heavy atom. The van der Waals surface area contributed by atoms with E-state index in [1.165, 1.54) is 0 Å². The molecule has 1 heterocycles. The minimum absolute atomic E-state index is 0.0281. The van der Waals surface area contributed by atoms with Crippen LogP contribution in [0.25, 0.3) is 11.5 Å². The van der Waals surface area contributed by atoms with Crippen molar-refractivity contribution in [1.29, 1.82) is 0 Å². The lowest BCUT2D eigenvalue weighted by Crippen LogP contribution is -2.35. The lowest BCUT2D eigenvalue weighted by molar-refractivity contribution is 0.383. The third-order valence-electron chi connectivity index (χ3n) is 2.73. The third-order valence-corrected chi connectivity index (χ3v) is 3.59. The summed E-state index contributed by atoms with van der Waals surface area (Å²) in [4.78, 5) is 0. The van der Waals surface area contributed by atoms with Crippen LogP contribution >= 0.6 is 15.9 Å². The first kappa shape index (κ1) is 14.2. The quantitative estimate of drug-likeness (QED) is 0.935. The molecule has 0 bridgehead atoms. The number of nitrogens with one attached hydrogen (secondary N) is 1. The molecule has 0 spiro atoms. The Bertz CT molecular complexity index is 572. The zero-order valence-corrected chi connectivity index (χ0v) is 13.2. The average molecular weight is 324 g/mol. The highest BCUT2D eigenvalue weighted by molar-refractivity contribution is 9.10. The van der Waals surface area contributed by atoms with E-state index in [0.29, 0.717) is 18.3 Å². The Hall–Kier alpha value is -1.20. The molecule has 0 unspecified atom stereocenters. The average Bonchev–Trinajstić information content (AvgIpc) is 2.78. The molecular formula is C14H18BrN3O. The molecule has 1 aromatic heterocycles. The van der Waals surface area contributed by atoms with Crippen molar-refractivity contribution in [2.75, 3.05) is 0 Å². The molecule has 0 atom stereocenters. The molecule has 0 radical (unpaired) electrons. The molecule has 5 heteroatoms. The minimum Gasteiger partial charge on any atom is -0.419 e. The molecular weight excluding hydrogens is 306 g/mol. The second-order valence-corrected chi connectivity index (χ2v) is 6.37. The van der Waals surface area contributed by atoms with Gasteiger partial charge in [-0.1, -0.05) is 22.0 Å². The van der Waals surface area contributed by atoms with E-state index in [4.69, 9.17) is 4.42 Å². The number of hydrogen-bond acceptors (Lipinski definition) is 4. The molecule has 2 rings (SSSR count). The van der Waals surface area contributed by atoms with Gasteiger partial charge in [-0.25, -0.2) is 0 Å². The maximum atomic E-state index is 5.70. The van der Waals surface area contributed by atoms with Crippen LogP contribution in [0.4, 0.5) is 0 Å². The van der Waals surface area contributed by atoms with Gasteiger partial charge in [0.25, 0.3) is 0 Å². The SMILES string of the molecule is Cc1c(Br)cccc1-c1nnc(CNC(C)(C)C)o1. The van der Waals surface area contributed by atoms with E-state index in [0.717, 1.165) is 15.6 Å². The van der Waals surface area contributed by atoms with E-state index >= 15 is 0 Å². The van der Waals surface area contributed by atoms with Gasteiger partial charge in [-0.15, -0.1) is 10.2 Å². The van der Waals surface area contributed by atoms with Gasteiger partial charge in [0.05, 0.1) is 6.54 Å². The van der Waals surface area contributed by atoms with Crippen molar-refractivity contribution in [2.45, 2.75) is 39.8 Å². The predicted octanol–water partition coefficient (Wildman–Crippen LogP) is 3.70. The minimum atomic E-state index is 0.0281. The van der Waals surface area contributed by atoms with Crippen molar-refractivity contribution < 1.29 is 4.42 Å². The number of aromatic nitrogens is 2. The first-order chi connectivity index (χ1) is 8.87. The van der Waals surface area contributed by atoms with Gasteiger partial charge >= 0.3 is 0 Å². The standard InChI is InChI=1S/C14H18BrN3O/c1-9-10(6-5-7-11(9)15)13-18-17-12(19-13)8-16-14(2,3)4/h5-7,16H,8H2,1-4H3. The van der Waals surface area contributed by atoms with E-state index in [9.17, 15) is 0 Å². The van der Waals surface area contributed by atoms with Crippen LogP contribution in [0.2, 0.25) is 0 Å². The Labute approximate surface area is 121 Å². The molecule has 1 N–H and O–H groups in total. The topological polar surface area (TPSA) is 51.0 Å². The van der Waals surface area contributed by atoms with Crippen LogP contribution in [-0.4, -0.2) is 15.7 Å². The molecule has 1 aromatic carbocycles. The molecule has 19 heavy (non-hydrogen) atoms. The van der Waals surface area contributed by atoms with Crippen molar-refractivity contribution in [3.63, 3.8) is 0 Å². The number of hydrogen-bond donors (Lipinski definition) is 1. The van der Waals surface area contributed by atoms with Gasteiger partial charge in [0.15, 0.2) is 0 Å². The number of rotatable bonds is 3. The summed E-state index contributed by atoms with van der Waals surface area (Å²) in [6.45, 7) is 8.90. The zero-order valence-electron chi connectivity index (χ0n) is 11.6. The summed E-state index contributed by atoms with van der Waals surface area (Å²) in [5.41, 5.74) is 2.09. The van der Waals surface area contributed by atoms with Gasteiger partial charge in [0.2, 0.25) is 11.8 Å². The lowest BCUT2D eigenvalue weighted by atomic mass is 10.1. The van der Waals surface area contributed by atoms with Gasteiger partial charge in [0.1, 0.15) is 0 Å². The fourth-order valence-corrected chi connectivity index (χ4v) is 1.98. The summed E-state index contributed by atoms with van der Waals surface area (Å²) in [5.74, 6) is 1.16. The maximum absolute atomic E-state index is 5.70. The van der Waals surface area contributed by atoms with E-state index in [-0.39, 0.29) is 5.54 Å². The number of halogens is 1. The van der Waals surface area contributed by atoms with Crippen molar-refractivity contribution >= 4 is 15.9 Å². The van der Waals surface area contributed by atoms with Crippen molar-refractivity contribution in [3.8, 4) is 11.5 Å². The van der Waals surface area contributed by atoms with Crippen molar-refractivity contribution in [1.82, 2.24) is 15.5 Å².